The van der Waals surface area contributed by atoms with Gasteiger partial charge in [0.05, 0.1) is 0 Å². The van der Waals surface area contributed by atoms with Crippen molar-refractivity contribution < 1.29 is 52.5 Å². The van der Waals surface area contributed by atoms with E-state index in [1.165, 1.54) is 0 Å². The molecule has 0 rings (SSSR count). The van der Waals surface area contributed by atoms with Crippen LogP contribution in [0.3, 0.4) is 0 Å². The normalized spacial score (nSPS) is 14.4. The maximum atomic E-state index is 12.2. The molecule has 0 unspecified atom stereocenters. The van der Waals surface area contributed by atoms with E-state index in [0.29, 0.717) is 0 Å². The molecule has 1 N–H and O–H groups in total. The number of alkyl halides is 9. The van der Waals surface area contributed by atoms with Gasteiger partial charge in [-0.25, -0.2) is 0 Å². The molecule has 3 nitrogen and oxygen atoms in total. The van der Waals surface area contributed by atoms with E-state index in [2.05, 4.69) is 0 Å². The van der Waals surface area contributed by atoms with Gasteiger partial charge in [-0.2, -0.15) is 47.9 Å². The van der Waals surface area contributed by atoms with E-state index in [1.54, 1.807) is 0 Å². The van der Waals surface area contributed by atoms with Gasteiger partial charge in [-0.15, -0.1) is 0 Å². The number of rotatable bonds is 3. The van der Waals surface area contributed by atoms with Crippen LogP contribution in [0, 0.1) is 0 Å². The molecule has 0 fully saturated rings. The zero-order chi connectivity index (χ0) is 14.5. The monoisotopic (exact) mass is 380 g/mol. The van der Waals surface area contributed by atoms with Gasteiger partial charge in [-0.3, -0.25) is 4.55 Å². The van der Waals surface area contributed by atoms with E-state index in [1.807, 2.05) is 0 Å². The molecule has 0 aliphatic rings. The minimum absolute atomic E-state index is 0. The first-order valence-electron chi connectivity index (χ1n) is 3.17. The molecule has 0 aromatic rings. The molecule has 0 spiro atoms. The Morgan fingerprint density at radius 3 is 1.11 bits per heavy atom. The second-order valence-electron chi connectivity index (χ2n) is 2.64. The summed E-state index contributed by atoms with van der Waals surface area (Å²) in [6.07, 6.45) is -7.13. The van der Waals surface area contributed by atoms with E-state index < -0.39 is 33.4 Å². The molecule has 0 bridgehead atoms. The second kappa shape index (κ2) is 7.41. The fourth-order valence-electron chi connectivity index (χ4n) is 0.523. The van der Waals surface area contributed by atoms with E-state index in [4.69, 9.17) is 4.55 Å². The van der Waals surface area contributed by atoms with Crippen LogP contribution >= 0.6 is 0 Å². The molecule has 0 aliphatic carbocycles. The summed E-state index contributed by atoms with van der Waals surface area (Å²) in [5.41, 5.74) is 0. The first-order valence-corrected chi connectivity index (χ1v) is 4.61. The summed E-state index contributed by atoms with van der Waals surface area (Å²) in [7, 11) is -7.17. The van der Waals surface area contributed by atoms with Gasteiger partial charge in [0.25, 0.3) is 0 Å². The third-order valence-corrected chi connectivity index (χ3v) is 2.34. The quantitative estimate of drug-likeness (QED) is 0.452. The van der Waals surface area contributed by atoms with Gasteiger partial charge in [0.1, 0.15) is 0 Å². The van der Waals surface area contributed by atoms with E-state index in [9.17, 15) is 47.9 Å². The van der Waals surface area contributed by atoms with Crippen LogP contribution in [0.2, 0.25) is 0 Å². The molecule has 15 heteroatoms. The predicted molar refractivity (Wildman–Crippen MR) is 46.7 cm³/mol. The molecule has 0 amide bonds. The molecular formula is C4H3F9K2O3S. The molecule has 0 radical (unpaired) electrons. The van der Waals surface area contributed by atoms with Crippen LogP contribution in [0.15, 0.2) is 0 Å². The Morgan fingerprint density at radius 1 is 0.684 bits per heavy atom. The third-order valence-electron chi connectivity index (χ3n) is 1.44. The van der Waals surface area contributed by atoms with Crippen molar-refractivity contribution in [2.75, 3.05) is 0 Å². The van der Waals surface area contributed by atoms with Crippen LogP contribution in [0.1, 0.15) is 0 Å². The standard InChI is InChI=1S/C4HF9O3S.2K.2H/c5-1(6,3(9,10)11)2(7,8)4(12,13)17(14,15)16;;;;/h(H,14,15,16);;;;. The fraction of sp³-hybridized carbons (Fsp3) is 1.00. The summed E-state index contributed by atoms with van der Waals surface area (Å²) in [4.78, 5) is 0. The van der Waals surface area contributed by atoms with Crippen molar-refractivity contribution >= 4 is 113 Å². The Labute approximate surface area is 185 Å². The number of hydrogen-bond acceptors (Lipinski definition) is 2. The zero-order valence-corrected chi connectivity index (χ0v) is 7.89. The summed E-state index contributed by atoms with van der Waals surface area (Å²) < 4.78 is 134. The molecule has 0 atom stereocenters. The Balaban J connectivity index is -0.00000128. The molecule has 0 aromatic carbocycles. The predicted octanol–water partition coefficient (Wildman–Crippen LogP) is 1.00. The van der Waals surface area contributed by atoms with Crippen molar-refractivity contribution in [3.8, 4) is 0 Å². The first-order chi connectivity index (χ1) is 7.00. The average molecular weight is 380 g/mol. The van der Waals surface area contributed by atoms with Gasteiger partial charge in [0.15, 0.2) is 0 Å². The topological polar surface area (TPSA) is 54.4 Å². The Morgan fingerprint density at radius 2 is 0.947 bits per heavy atom. The Bertz CT molecular complexity index is 402. The van der Waals surface area contributed by atoms with Crippen LogP contribution in [-0.4, -0.2) is 139 Å². The van der Waals surface area contributed by atoms with Crippen molar-refractivity contribution in [3.05, 3.63) is 0 Å². The molecular weight excluding hydrogens is 377 g/mol. The maximum absolute atomic E-state index is 12.2. The van der Waals surface area contributed by atoms with Gasteiger partial charge in [-0.1, -0.05) is 0 Å². The summed E-state index contributed by atoms with van der Waals surface area (Å²) in [6.45, 7) is 0. The van der Waals surface area contributed by atoms with Crippen LogP contribution in [-0.2, 0) is 10.1 Å². The van der Waals surface area contributed by atoms with Gasteiger partial charge in [-0.05, 0) is 0 Å². The number of halogens is 9. The Hall–Kier alpha value is 2.55. The van der Waals surface area contributed by atoms with E-state index >= 15 is 0 Å². The summed E-state index contributed by atoms with van der Waals surface area (Å²) >= 11 is 0. The van der Waals surface area contributed by atoms with Crippen molar-refractivity contribution in [2.24, 2.45) is 0 Å². The summed E-state index contributed by atoms with van der Waals surface area (Å²) in [6, 6.07) is 0. The van der Waals surface area contributed by atoms with Crippen molar-refractivity contribution in [3.63, 3.8) is 0 Å². The molecule has 0 aromatic heterocycles. The second-order valence-corrected chi connectivity index (χ2v) is 4.10. The van der Waals surface area contributed by atoms with Crippen molar-refractivity contribution in [1.82, 2.24) is 0 Å². The zero-order valence-electron chi connectivity index (χ0n) is 7.07. The summed E-state index contributed by atoms with van der Waals surface area (Å²) in [5.74, 6) is -14.7. The first kappa shape index (κ1) is 26.4. The molecule has 0 heterocycles. The molecule has 0 saturated carbocycles. The van der Waals surface area contributed by atoms with Gasteiger partial charge >= 0.3 is 136 Å². The number of hydrogen-bond donors (Lipinski definition) is 1. The van der Waals surface area contributed by atoms with Crippen LogP contribution in [0.4, 0.5) is 39.5 Å². The Kier molecular flexibility index (Phi) is 10.3. The SMILES string of the molecule is O=S(=O)(O)C(F)(F)C(F)(F)C(F)(F)C(F)(F)F.[KH].[KH]. The van der Waals surface area contributed by atoms with Crippen molar-refractivity contribution in [2.45, 2.75) is 23.3 Å². The van der Waals surface area contributed by atoms with Crippen LogP contribution in [0.25, 0.3) is 0 Å². The molecule has 108 valence electrons. The molecule has 0 saturated heterocycles. The molecule has 0 aliphatic heterocycles. The van der Waals surface area contributed by atoms with Crippen LogP contribution in [0.5, 0.6) is 0 Å². The van der Waals surface area contributed by atoms with Gasteiger partial charge < -0.3 is 0 Å². The third kappa shape index (κ3) is 4.76. The van der Waals surface area contributed by atoms with Crippen molar-refractivity contribution in [1.29, 1.82) is 0 Å². The van der Waals surface area contributed by atoms with E-state index in [-0.39, 0.29) is 103 Å². The van der Waals surface area contributed by atoms with Gasteiger partial charge in [0.2, 0.25) is 0 Å². The van der Waals surface area contributed by atoms with E-state index in [0.717, 1.165) is 0 Å². The average Bonchev–Trinajstić information content (AvgIpc) is 1.98. The molecule has 19 heavy (non-hydrogen) atoms. The minimum atomic E-state index is -7.37. The van der Waals surface area contributed by atoms with Crippen LogP contribution < -0.4 is 0 Å². The summed E-state index contributed by atoms with van der Waals surface area (Å²) in [5, 5.41) is -7.00. The van der Waals surface area contributed by atoms with Gasteiger partial charge in [0, 0.05) is 0 Å². The fourth-order valence-corrected chi connectivity index (χ4v) is 0.975.